The Bertz CT molecular complexity index is 1260. The van der Waals surface area contributed by atoms with Crippen LogP contribution in [0.25, 0.3) is 11.1 Å². The molecular formula is C26H27N5O2. The Labute approximate surface area is 193 Å². The van der Waals surface area contributed by atoms with E-state index in [9.17, 15) is 9.90 Å². The van der Waals surface area contributed by atoms with Crippen molar-refractivity contribution in [1.29, 1.82) is 0 Å². The van der Waals surface area contributed by atoms with Crippen LogP contribution in [-0.2, 0) is 7.05 Å². The first-order valence-corrected chi connectivity index (χ1v) is 10.8. The predicted molar refractivity (Wildman–Crippen MR) is 127 cm³/mol. The van der Waals surface area contributed by atoms with Crippen molar-refractivity contribution in [1.82, 2.24) is 24.8 Å². The Morgan fingerprint density at radius 3 is 2.30 bits per heavy atom. The number of nitrogens with zero attached hydrogens (tertiary/aromatic N) is 4. The van der Waals surface area contributed by atoms with Gasteiger partial charge in [0, 0.05) is 30.6 Å². The molecule has 2 aromatic heterocycles. The largest absolute Gasteiger partial charge is 0.382 e. The minimum atomic E-state index is -0.919. The topological polar surface area (TPSA) is 92.9 Å². The lowest BCUT2D eigenvalue weighted by Crippen LogP contribution is -2.27. The Balaban J connectivity index is 1.70. The summed E-state index contributed by atoms with van der Waals surface area (Å²) in [4.78, 5) is 25.7. The van der Waals surface area contributed by atoms with Crippen molar-refractivity contribution in [2.24, 2.45) is 7.05 Å². The van der Waals surface area contributed by atoms with Crippen molar-refractivity contribution in [2.45, 2.75) is 32.9 Å². The Morgan fingerprint density at radius 1 is 0.970 bits per heavy atom. The van der Waals surface area contributed by atoms with Crippen LogP contribution in [0, 0.1) is 13.8 Å². The van der Waals surface area contributed by atoms with E-state index in [2.05, 4.69) is 20.3 Å². The summed E-state index contributed by atoms with van der Waals surface area (Å²) in [5.41, 5.74) is 5.51. The molecule has 2 aromatic carbocycles. The van der Waals surface area contributed by atoms with Gasteiger partial charge in [-0.1, -0.05) is 29.8 Å². The molecule has 0 aliphatic carbocycles. The number of aliphatic hydroxyl groups excluding tert-OH is 1. The van der Waals surface area contributed by atoms with E-state index in [-0.39, 0.29) is 11.9 Å². The lowest BCUT2D eigenvalue weighted by molar-refractivity contribution is 0.0939. The fourth-order valence-corrected chi connectivity index (χ4v) is 3.64. The lowest BCUT2D eigenvalue weighted by Gasteiger charge is -2.17. The van der Waals surface area contributed by atoms with Crippen LogP contribution < -0.4 is 5.32 Å². The first kappa shape index (κ1) is 22.4. The molecule has 0 aliphatic rings. The lowest BCUT2D eigenvalue weighted by atomic mass is 9.95. The van der Waals surface area contributed by atoms with Gasteiger partial charge in [0.05, 0.1) is 24.3 Å². The predicted octanol–water partition coefficient (Wildman–Crippen LogP) is 4.07. The van der Waals surface area contributed by atoms with Crippen molar-refractivity contribution < 1.29 is 9.90 Å². The van der Waals surface area contributed by atoms with Crippen LogP contribution >= 0.6 is 0 Å². The molecule has 1 unspecified atom stereocenters. The molecule has 4 aromatic rings. The highest BCUT2D eigenvalue weighted by atomic mass is 16.3. The highest BCUT2D eigenvalue weighted by Gasteiger charge is 2.19. The molecule has 7 nitrogen and oxygen atoms in total. The molecule has 2 N–H and O–H groups in total. The van der Waals surface area contributed by atoms with Crippen molar-refractivity contribution in [2.75, 3.05) is 0 Å². The number of carbonyl (C=O) groups excluding carboxylic acids is 1. The maximum absolute atomic E-state index is 13.2. The average Bonchev–Trinajstić information content (AvgIpc) is 3.24. The molecule has 4 rings (SSSR count). The molecule has 0 radical (unpaired) electrons. The molecule has 1 amide bonds. The number of nitrogens with one attached hydrogen (secondary N) is 1. The van der Waals surface area contributed by atoms with Crippen LogP contribution in [0.1, 0.15) is 57.6 Å². The number of rotatable bonds is 6. The van der Waals surface area contributed by atoms with Gasteiger partial charge in [0.1, 0.15) is 11.9 Å². The SMILES string of the molecule is Cc1ccc(-c2cc(C(=O)N[C@H](C)c3cnc(C)nc3)cc(C(O)c3cncn3C)c2)cc1. The number of imidazole rings is 1. The van der Waals surface area contributed by atoms with Crippen LogP contribution in [0.15, 0.2) is 67.4 Å². The molecule has 2 heterocycles. The summed E-state index contributed by atoms with van der Waals surface area (Å²) in [5.74, 6) is 0.437. The Kier molecular flexibility index (Phi) is 6.33. The van der Waals surface area contributed by atoms with E-state index in [1.54, 1.807) is 35.6 Å². The van der Waals surface area contributed by atoms with Gasteiger partial charge in [0.25, 0.3) is 5.91 Å². The number of aryl methyl sites for hydroxylation is 3. The van der Waals surface area contributed by atoms with Gasteiger partial charge in [0.15, 0.2) is 0 Å². The molecule has 0 spiro atoms. The van der Waals surface area contributed by atoms with E-state index >= 15 is 0 Å². The number of hydrogen-bond acceptors (Lipinski definition) is 5. The van der Waals surface area contributed by atoms with Gasteiger partial charge in [-0.05, 0) is 55.7 Å². The molecule has 0 fully saturated rings. The molecule has 168 valence electrons. The van der Waals surface area contributed by atoms with Crippen molar-refractivity contribution in [3.05, 3.63) is 101 Å². The summed E-state index contributed by atoms with van der Waals surface area (Å²) < 4.78 is 1.77. The fourth-order valence-electron chi connectivity index (χ4n) is 3.64. The second-order valence-corrected chi connectivity index (χ2v) is 8.30. The monoisotopic (exact) mass is 441 g/mol. The second kappa shape index (κ2) is 9.34. The van der Waals surface area contributed by atoms with Crippen LogP contribution in [0.5, 0.6) is 0 Å². The van der Waals surface area contributed by atoms with E-state index < -0.39 is 6.10 Å². The second-order valence-electron chi connectivity index (χ2n) is 8.30. The minimum absolute atomic E-state index is 0.240. The molecule has 33 heavy (non-hydrogen) atoms. The number of benzene rings is 2. The van der Waals surface area contributed by atoms with E-state index in [0.29, 0.717) is 22.6 Å². The van der Waals surface area contributed by atoms with Gasteiger partial charge in [0.2, 0.25) is 0 Å². The Hall–Kier alpha value is -3.84. The highest BCUT2D eigenvalue weighted by molar-refractivity contribution is 5.96. The zero-order chi connectivity index (χ0) is 23.5. The van der Waals surface area contributed by atoms with Gasteiger partial charge in [-0.15, -0.1) is 0 Å². The summed E-state index contributed by atoms with van der Waals surface area (Å²) in [6.07, 6.45) is 5.78. The summed E-state index contributed by atoms with van der Waals surface area (Å²) in [7, 11) is 1.83. The summed E-state index contributed by atoms with van der Waals surface area (Å²) >= 11 is 0. The third-order valence-electron chi connectivity index (χ3n) is 5.70. The van der Waals surface area contributed by atoms with Crippen molar-refractivity contribution in [3.8, 4) is 11.1 Å². The zero-order valence-electron chi connectivity index (χ0n) is 19.1. The Morgan fingerprint density at radius 2 is 1.67 bits per heavy atom. The maximum Gasteiger partial charge on any atom is 0.251 e. The number of amides is 1. The van der Waals surface area contributed by atoms with Gasteiger partial charge in [-0.25, -0.2) is 15.0 Å². The van der Waals surface area contributed by atoms with E-state index in [4.69, 9.17) is 0 Å². The zero-order valence-corrected chi connectivity index (χ0v) is 19.1. The molecule has 2 atom stereocenters. The average molecular weight is 442 g/mol. The summed E-state index contributed by atoms with van der Waals surface area (Å²) in [6.45, 7) is 5.74. The van der Waals surface area contributed by atoms with Gasteiger partial charge < -0.3 is 15.0 Å². The number of aromatic nitrogens is 4. The van der Waals surface area contributed by atoms with E-state index in [1.807, 2.05) is 64.2 Å². The van der Waals surface area contributed by atoms with Crippen LogP contribution in [-0.4, -0.2) is 30.5 Å². The highest BCUT2D eigenvalue weighted by Crippen LogP contribution is 2.29. The van der Waals surface area contributed by atoms with E-state index in [1.165, 1.54) is 0 Å². The molecule has 0 saturated carbocycles. The summed E-state index contributed by atoms with van der Waals surface area (Å²) in [5, 5.41) is 14.1. The number of carbonyl (C=O) groups is 1. The van der Waals surface area contributed by atoms with Gasteiger partial charge in [-0.2, -0.15) is 0 Å². The molecule has 0 bridgehead atoms. The van der Waals surface area contributed by atoms with Crippen LogP contribution in [0.3, 0.4) is 0 Å². The summed E-state index contributed by atoms with van der Waals surface area (Å²) in [6, 6.07) is 13.3. The minimum Gasteiger partial charge on any atom is -0.382 e. The molecule has 0 saturated heterocycles. The fraction of sp³-hybridized carbons (Fsp3) is 0.231. The van der Waals surface area contributed by atoms with E-state index in [0.717, 1.165) is 22.3 Å². The number of aliphatic hydroxyl groups is 1. The first-order valence-electron chi connectivity index (χ1n) is 10.8. The first-order chi connectivity index (χ1) is 15.8. The van der Waals surface area contributed by atoms with Crippen molar-refractivity contribution >= 4 is 5.91 Å². The van der Waals surface area contributed by atoms with Crippen LogP contribution in [0.4, 0.5) is 0 Å². The third kappa shape index (κ3) is 4.99. The normalized spacial score (nSPS) is 12.9. The maximum atomic E-state index is 13.2. The number of hydrogen-bond donors (Lipinski definition) is 2. The standard InChI is InChI=1S/C26H27N5O2/c1-16-5-7-19(8-6-16)20-9-21(25(32)24-14-27-15-31(24)4)11-22(10-20)26(33)30-17(2)23-12-28-18(3)29-13-23/h5-15,17,25,32H,1-4H3,(H,30,33)/t17-,25?/m1/s1. The smallest absolute Gasteiger partial charge is 0.251 e. The molecule has 7 heteroatoms. The third-order valence-corrected chi connectivity index (χ3v) is 5.70. The van der Waals surface area contributed by atoms with Crippen molar-refractivity contribution in [3.63, 3.8) is 0 Å². The molecular weight excluding hydrogens is 414 g/mol. The van der Waals surface area contributed by atoms with Gasteiger partial charge >= 0.3 is 0 Å². The quantitative estimate of drug-likeness (QED) is 0.471. The molecule has 0 aliphatic heterocycles. The van der Waals surface area contributed by atoms with Gasteiger partial charge in [-0.3, -0.25) is 4.79 Å². The van der Waals surface area contributed by atoms with Crippen LogP contribution in [0.2, 0.25) is 0 Å².